The van der Waals surface area contributed by atoms with E-state index in [1.165, 1.54) is 9.13 Å². The van der Waals surface area contributed by atoms with Crippen molar-refractivity contribution in [2.75, 3.05) is 6.54 Å². The Hall–Kier alpha value is -1.11. The molecule has 0 aromatic heterocycles. The number of amides is 1. The Morgan fingerprint density at radius 3 is 2.50 bits per heavy atom. The van der Waals surface area contributed by atoms with E-state index in [9.17, 15) is 9.59 Å². The fourth-order valence-corrected chi connectivity index (χ4v) is 2.48. The normalized spacial score (nSPS) is 11.9. The number of benzene rings is 1. The zero-order valence-corrected chi connectivity index (χ0v) is 15.1. The molecule has 0 bridgehead atoms. The van der Waals surface area contributed by atoms with Crippen molar-refractivity contribution in [2.24, 2.45) is 5.92 Å². The van der Waals surface area contributed by atoms with Gasteiger partial charge < -0.3 is 10.4 Å². The first-order valence-electron chi connectivity index (χ1n) is 7.73. The molecule has 0 radical (unpaired) electrons. The number of rotatable bonds is 10. The molecule has 0 fully saturated rings. The van der Waals surface area contributed by atoms with Crippen molar-refractivity contribution < 1.29 is 14.7 Å². The fourth-order valence-electron chi connectivity index (χ4n) is 2.12. The number of aliphatic carboxylic acids is 1. The lowest BCUT2D eigenvalue weighted by Crippen LogP contribution is -2.24. The molecule has 5 heteroatoms. The van der Waals surface area contributed by atoms with Gasteiger partial charge in [0.1, 0.15) is 0 Å². The number of nitrogens with one attached hydrogen (secondary N) is 1. The Bertz CT molecular complexity index is 473. The Balaban J connectivity index is 2.04. The predicted octanol–water partition coefficient (Wildman–Crippen LogP) is 3.62. The van der Waals surface area contributed by atoms with E-state index in [4.69, 9.17) is 5.11 Å². The maximum absolute atomic E-state index is 11.7. The Morgan fingerprint density at radius 2 is 1.86 bits per heavy atom. The largest absolute Gasteiger partial charge is 0.481 e. The molecule has 1 amide bonds. The molecule has 0 heterocycles. The van der Waals surface area contributed by atoms with Gasteiger partial charge in [-0.3, -0.25) is 9.59 Å². The van der Waals surface area contributed by atoms with E-state index in [0.29, 0.717) is 19.4 Å². The van der Waals surface area contributed by atoms with Gasteiger partial charge in [0.05, 0.1) is 5.92 Å². The third kappa shape index (κ3) is 8.36. The van der Waals surface area contributed by atoms with E-state index in [0.717, 1.165) is 25.7 Å². The third-order valence-corrected chi connectivity index (χ3v) is 4.31. The molecule has 22 heavy (non-hydrogen) atoms. The van der Waals surface area contributed by atoms with E-state index in [-0.39, 0.29) is 11.8 Å². The van der Waals surface area contributed by atoms with Gasteiger partial charge in [0.2, 0.25) is 5.91 Å². The lowest BCUT2D eigenvalue weighted by atomic mass is 10.0. The van der Waals surface area contributed by atoms with Crippen LogP contribution in [-0.4, -0.2) is 23.5 Å². The predicted molar refractivity (Wildman–Crippen MR) is 95.8 cm³/mol. The minimum absolute atomic E-state index is 0.0804. The fraction of sp³-hybridized carbons (Fsp3) is 0.529. The van der Waals surface area contributed by atoms with Crippen LogP contribution in [0, 0.1) is 9.49 Å². The molecule has 4 nitrogen and oxygen atoms in total. The van der Waals surface area contributed by atoms with Crippen LogP contribution in [0.3, 0.4) is 0 Å². The van der Waals surface area contributed by atoms with Gasteiger partial charge in [-0.1, -0.05) is 25.5 Å². The van der Waals surface area contributed by atoms with Crippen LogP contribution in [0.25, 0.3) is 0 Å². The summed E-state index contributed by atoms with van der Waals surface area (Å²) in [6.45, 7) is 2.35. The molecule has 1 atom stereocenters. The Kier molecular flexibility index (Phi) is 9.11. The van der Waals surface area contributed by atoms with Crippen LogP contribution in [0.1, 0.15) is 44.6 Å². The van der Waals surface area contributed by atoms with Crippen LogP contribution < -0.4 is 5.32 Å². The highest BCUT2D eigenvalue weighted by molar-refractivity contribution is 14.1. The molecule has 0 saturated carbocycles. The number of unbranched alkanes of at least 4 members (excludes halogenated alkanes) is 1. The van der Waals surface area contributed by atoms with Crippen molar-refractivity contribution in [3.8, 4) is 0 Å². The lowest BCUT2D eigenvalue weighted by Gasteiger charge is -2.07. The number of hydrogen-bond donors (Lipinski definition) is 2. The molecule has 0 spiro atoms. The van der Waals surface area contributed by atoms with Crippen LogP contribution in [0.2, 0.25) is 0 Å². The number of carbonyl (C=O) groups excluding carboxylic acids is 1. The summed E-state index contributed by atoms with van der Waals surface area (Å²) in [6.07, 6.45) is 4.63. The second-order valence-corrected chi connectivity index (χ2v) is 6.81. The molecule has 0 aliphatic heterocycles. The summed E-state index contributed by atoms with van der Waals surface area (Å²) in [5.41, 5.74) is 1.26. The minimum atomic E-state index is -0.750. The monoisotopic (exact) mass is 414 g/mol. The number of hydrogen-bond acceptors (Lipinski definition) is 2. The van der Waals surface area contributed by atoms with E-state index in [1.807, 2.05) is 0 Å². The van der Waals surface area contributed by atoms with E-state index >= 15 is 0 Å². The van der Waals surface area contributed by atoms with E-state index in [1.54, 1.807) is 6.92 Å². The Morgan fingerprint density at radius 1 is 1.18 bits per heavy atom. The summed E-state index contributed by atoms with van der Waals surface area (Å²) < 4.78 is 1.22. The molecular formula is C17H24INO3. The third-order valence-electron chi connectivity index (χ3n) is 3.59. The molecule has 0 aliphatic carbocycles. The van der Waals surface area contributed by atoms with Gasteiger partial charge in [0.25, 0.3) is 0 Å². The summed E-state index contributed by atoms with van der Waals surface area (Å²) in [6, 6.07) is 8.36. The summed E-state index contributed by atoms with van der Waals surface area (Å²) in [4.78, 5) is 22.3. The molecular weight excluding hydrogens is 390 g/mol. The van der Waals surface area contributed by atoms with E-state index in [2.05, 4.69) is 52.2 Å². The van der Waals surface area contributed by atoms with Crippen molar-refractivity contribution in [3.05, 3.63) is 33.4 Å². The van der Waals surface area contributed by atoms with Crippen molar-refractivity contribution in [3.63, 3.8) is 0 Å². The van der Waals surface area contributed by atoms with Crippen LogP contribution in [0.15, 0.2) is 24.3 Å². The van der Waals surface area contributed by atoms with E-state index < -0.39 is 5.97 Å². The smallest absolute Gasteiger partial charge is 0.306 e. The van der Waals surface area contributed by atoms with Gasteiger partial charge >= 0.3 is 5.97 Å². The summed E-state index contributed by atoms with van der Waals surface area (Å²) in [7, 11) is 0. The highest BCUT2D eigenvalue weighted by Gasteiger charge is 2.09. The number of aryl methyl sites for hydroxylation is 1. The standard InChI is InChI=1S/C17H24INO3/c1-13(17(21)22)5-2-3-12-19-16(20)7-4-6-14-8-10-15(18)11-9-14/h8-11,13H,2-7,12H2,1H3,(H,19,20)(H,21,22)/t13-/m0/s1/i18-3. The Labute approximate surface area is 145 Å². The molecule has 0 unspecified atom stereocenters. The SMILES string of the molecule is C[C@@H](CCCCNC(=O)CCCc1ccc([124I])cc1)C(=O)O. The lowest BCUT2D eigenvalue weighted by molar-refractivity contribution is -0.141. The molecule has 1 rings (SSSR count). The molecule has 1 aromatic rings. The van der Waals surface area contributed by atoms with Gasteiger partial charge in [-0.2, -0.15) is 0 Å². The zero-order chi connectivity index (χ0) is 16.4. The number of halogens is 1. The average molecular weight is 414 g/mol. The van der Waals surface area contributed by atoms with Crippen LogP contribution in [0.4, 0.5) is 0 Å². The number of carboxylic acid groups (broad SMARTS) is 1. The first-order valence-corrected chi connectivity index (χ1v) is 8.81. The van der Waals surface area contributed by atoms with Gasteiger partial charge in [-0.05, 0) is 66.0 Å². The second kappa shape index (κ2) is 10.6. The highest BCUT2D eigenvalue weighted by atomic mass is 124. The highest BCUT2D eigenvalue weighted by Crippen LogP contribution is 2.10. The van der Waals surface area contributed by atoms with Crippen molar-refractivity contribution in [1.29, 1.82) is 0 Å². The summed E-state index contributed by atoms with van der Waals surface area (Å²) in [5, 5.41) is 11.7. The minimum Gasteiger partial charge on any atom is -0.481 e. The number of carboxylic acids is 1. The van der Waals surface area contributed by atoms with Gasteiger partial charge in [-0.25, -0.2) is 0 Å². The second-order valence-electron chi connectivity index (χ2n) is 5.57. The first-order chi connectivity index (χ1) is 10.5. The van der Waals surface area contributed by atoms with Crippen LogP contribution in [-0.2, 0) is 16.0 Å². The zero-order valence-electron chi connectivity index (χ0n) is 13.0. The molecule has 122 valence electrons. The maximum atomic E-state index is 11.7. The molecule has 2 N–H and O–H groups in total. The van der Waals surface area contributed by atoms with Gasteiger partial charge in [0.15, 0.2) is 0 Å². The van der Waals surface area contributed by atoms with Crippen molar-refractivity contribution in [1.82, 2.24) is 5.32 Å². The first kappa shape index (κ1) is 18.9. The van der Waals surface area contributed by atoms with Crippen molar-refractivity contribution >= 4 is 34.5 Å². The van der Waals surface area contributed by atoms with Crippen LogP contribution >= 0.6 is 22.6 Å². The summed E-state index contributed by atoms with van der Waals surface area (Å²) >= 11 is 2.28. The average Bonchev–Trinajstić information content (AvgIpc) is 2.48. The van der Waals surface area contributed by atoms with Crippen LogP contribution in [0.5, 0.6) is 0 Å². The molecule has 1 aromatic carbocycles. The molecule has 0 saturated heterocycles. The quantitative estimate of drug-likeness (QED) is 0.454. The van der Waals surface area contributed by atoms with Crippen molar-refractivity contribution in [2.45, 2.75) is 45.4 Å². The van der Waals surface area contributed by atoms with Gasteiger partial charge in [-0.15, -0.1) is 0 Å². The number of carbonyl (C=O) groups is 2. The molecule has 0 aliphatic rings. The maximum Gasteiger partial charge on any atom is 0.306 e. The van der Waals surface area contributed by atoms with Gasteiger partial charge in [0, 0.05) is 16.5 Å². The topological polar surface area (TPSA) is 66.4 Å². The summed E-state index contributed by atoms with van der Waals surface area (Å²) in [5.74, 6) is -0.971.